The number of carbonyl (C=O) groups is 2. The van der Waals surface area contributed by atoms with E-state index in [2.05, 4.69) is 15.6 Å². The molecule has 7 heteroatoms. The first kappa shape index (κ1) is 14.7. The lowest BCUT2D eigenvalue weighted by Gasteiger charge is -2.11. The summed E-state index contributed by atoms with van der Waals surface area (Å²) in [6.07, 6.45) is 0.536. The maximum atomic E-state index is 11.6. The van der Waals surface area contributed by atoms with Crippen LogP contribution in [-0.4, -0.2) is 30.3 Å². The summed E-state index contributed by atoms with van der Waals surface area (Å²) in [7, 11) is 0. The Labute approximate surface area is 121 Å². The number of amides is 2. The van der Waals surface area contributed by atoms with Gasteiger partial charge < -0.3 is 25.1 Å². The number of fused-ring (bicyclic) bond motifs is 1. The highest BCUT2D eigenvalue weighted by molar-refractivity contribution is 5.86. The van der Waals surface area contributed by atoms with Crippen LogP contribution in [0.4, 0.5) is 9.59 Å². The number of rotatable bonds is 4. The molecule has 7 nitrogen and oxygen atoms in total. The minimum absolute atomic E-state index is 0.169. The molecule has 1 aromatic carbocycles. The molecule has 0 atom stereocenters. The zero-order chi connectivity index (χ0) is 15.2. The van der Waals surface area contributed by atoms with Crippen molar-refractivity contribution in [2.45, 2.75) is 13.8 Å². The van der Waals surface area contributed by atoms with Gasteiger partial charge in [0, 0.05) is 36.3 Å². The summed E-state index contributed by atoms with van der Waals surface area (Å²) in [5.74, 6) is 0.349. The fraction of sp³-hybridized carbons (Fsp3) is 0.286. The Morgan fingerprint density at radius 1 is 1.05 bits per heavy atom. The second-order valence-corrected chi connectivity index (χ2v) is 4.20. The van der Waals surface area contributed by atoms with Gasteiger partial charge in [-0.05, 0) is 26.0 Å². The van der Waals surface area contributed by atoms with Gasteiger partial charge in [-0.3, -0.25) is 0 Å². The summed E-state index contributed by atoms with van der Waals surface area (Å²) >= 11 is 0. The standard InChI is InChI=1S/C14H17N3O4/c1-3-15-13(18)20-11-7-9-5-6-17-10(9)8-12(11)21-14(19)16-4-2/h5-8,17H,3-4H2,1-2H3,(H,15,18)(H,16,19). The number of carbonyl (C=O) groups excluding carboxylic acids is 2. The van der Waals surface area contributed by atoms with Gasteiger partial charge in [0.2, 0.25) is 0 Å². The van der Waals surface area contributed by atoms with E-state index in [4.69, 9.17) is 9.47 Å². The molecule has 0 fully saturated rings. The minimum Gasteiger partial charge on any atom is -0.406 e. The average Bonchev–Trinajstić information content (AvgIpc) is 2.86. The first-order valence-corrected chi connectivity index (χ1v) is 6.66. The fourth-order valence-electron chi connectivity index (χ4n) is 1.78. The van der Waals surface area contributed by atoms with Crippen molar-refractivity contribution in [2.75, 3.05) is 13.1 Å². The van der Waals surface area contributed by atoms with Crippen LogP contribution in [0.1, 0.15) is 13.8 Å². The minimum atomic E-state index is -0.607. The smallest absolute Gasteiger partial charge is 0.406 e. The van der Waals surface area contributed by atoms with Gasteiger partial charge in [-0.25, -0.2) is 9.59 Å². The van der Waals surface area contributed by atoms with Crippen molar-refractivity contribution in [1.29, 1.82) is 0 Å². The Kier molecular flexibility index (Phi) is 4.65. The van der Waals surface area contributed by atoms with E-state index in [1.54, 1.807) is 32.2 Å². The predicted octanol–water partition coefficient (Wildman–Crippen LogP) is 2.38. The maximum Gasteiger partial charge on any atom is 0.412 e. The van der Waals surface area contributed by atoms with Gasteiger partial charge in [0.25, 0.3) is 0 Å². The van der Waals surface area contributed by atoms with Gasteiger partial charge in [-0.1, -0.05) is 0 Å². The second kappa shape index (κ2) is 6.65. The van der Waals surface area contributed by atoms with E-state index >= 15 is 0 Å². The van der Waals surface area contributed by atoms with E-state index < -0.39 is 12.2 Å². The van der Waals surface area contributed by atoms with Gasteiger partial charge >= 0.3 is 12.2 Å². The summed E-state index contributed by atoms with van der Waals surface area (Å²) in [5, 5.41) is 5.88. The van der Waals surface area contributed by atoms with Gasteiger partial charge in [0.1, 0.15) is 0 Å². The lowest BCUT2D eigenvalue weighted by Crippen LogP contribution is -2.28. The van der Waals surface area contributed by atoms with E-state index in [9.17, 15) is 9.59 Å². The van der Waals surface area contributed by atoms with Crippen LogP contribution in [0.2, 0.25) is 0 Å². The SMILES string of the molecule is CCNC(=O)Oc1cc2cc[nH]c2cc1OC(=O)NCC. The van der Waals surface area contributed by atoms with E-state index in [1.807, 2.05) is 6.07 Å². The molecule has 0 saturated carbocycles. The molecule has 3 N–H and O–H groups in total. The summed E-state index contributed by atoms with van der Waals surface area (Å²) < 4.78 is 10.3. The lowest BCUT2D eigenvalue weighted by atomic mass is 10.2. The van der Waals surface area contributed by atoms with Crippen LogP contribution in [0.25, 0.3) is 10.9 Å². The molecule has 0 aliphatic carbocycles. The summed E-state index contributed by atoms with van der Waals surface area (Å²) in [4.78, 5) is 26.1. The quantitative estimate of drug-likeness (QED) is 0.806. The molecular formula is C14H17N3O4. The molecular weight excluding hydrogens is 274 g/mol. The second-order valence-electron chi connectivity index (χ2n) is 4.20. The number of nitrogens with one attached hydrogen (secondary N) is 3. The molecule has 0 saturated heterocycles. The monoisotopic (exact) mass is 291 g/mol. The number of aromatic nitrogens is 1. The molecule has 1 aromatic heterocycles. The van der Waals surface area contributed by atoms with Crippen LogP contribution < -0.4 is 20.1 Å². The summed E-state index contributed by atoms with van der Waals surface area (Å²) in [6, 6.07) is 5.07. The summed E-state index contributed by atoms with van der Waals surface area (Å²) in [6.45, 7) is 4.44. The molecule has 21 heavy (non-hydrogen) atoms. The molecule has 2 amide bonds. The largest absolute Gasteiger partial charge is 0.412 e. The van der Waals surface area contributed by atoms with E-state index in [1.165, 1.54) is 0 Å². The van der Waals surface area contributed by atoms with Crippen LogP contribution in [0, 0.1) is 0 Å². The van der Waals surface area contributed by atoms with Crippen molar-refractivity contribution in [2.24, 2.45) is 0 Å². The van der Waals surface area contributed by atoms with E-state index in [-0.39, 0.29) is 11.5 Å². The van der Waals surface area contributed by atoms with Crippen molar-refractivity contribution >= 4 is 23.1 Å². The number of hydrogen-bond acceptors (Lipinski definition) is 4. The highest BCUT2D eigenvalue weighted by atomic mass is 16.6. The Morgan fingerprint density at radius 3 is 2.19 bits per heavy atom. The van der Waals surface area contributed by atoms with Crippen LogP contribution in [-0.2, 0) is 0 Å². The van der Waals surface area contributed by atoms with Crippen molar-refractivity contribution in [3.8, 4) is 11.5 Å². The molecule has 0 bridgehead atoms. The molecule has 0 radical (unpaired) electrons. The third-order valence-corrected chi connectivity index (χ3v) is 2.67. The van der Waals surface area contributed by atoms with Gasteiger partial charge in [0.05, 0.1) is 0 Å². The topological polar surface area (TPSA) is 92.4 Å². The fourth-order valence-corrected chi connectivity index (χ4v) is 1.78. The zero-order valence-corrected chi connectivity index (χ0v) is 11.9. The first-order chi connectivity index (χ1) is 10.1. The van der Waals surface area contributed by atoms with Gasteiger partial charge in [0.15, 0.2) is 11.5 Å². The van der Waals surface area contributed by atoms with Crippen LogP contribution in [0.15, 0.2) is 24.4 Å². The third kappa shape index (κ3) is 3.65. The highest BCUT2D eigenvalue weighted by Crippen LogP contribution is 2.32. The van der Waals surface area contributed by atoms with Crippen molar-refractivity contribution in [3.05, 3.63) is 24.4 Å². The predicted molar refractivity (Wildman–Crippen MR) is 77.7 cm³/mol. The Bertz CT molecular complexity index is 597. The molecule has 0 unspecified atom stereocenters. The van der Waals surface area contributed by atoms with E-state index in [0.29, 0.717) is 13.1 Å². The Morgan fingerprint density at radius 2 is 1.62 bits per heavy atom. The highest BCUT2D eigenvalue weighted by Gasteiger charge is 2.15. The molecule has 2 rings (SSSR count). The maximum absolute atomic E-state index is 11.6. The third-order valence-electron chi connectivity index (χ3n) is 2.67. The Balaban J connectivity index is 2.30. The molecule has 0 spiro atoms. The normalized spacial score (nSPS) is 10.2. The summed E-state index contributed by atoms with van der Waals surface area (Å²) in [5.41, 5.74) is 0.776. The number of aromatic amines is 1. The zero-order valence-electron chi connectivity index (χ0n) is 11.9. The number of H-pyrrole nitrogens is 1. The van der Waals surface area contributed by atoms with Crippen molar-refractivity contribution < 1.29 is 19.1 Å². The molecule has 1 heterocycles. The number of benzene rings is 1. The van der Waals surface area contributed by atoms with Crippen LogP contribution in [0.3, 0.4) is 0 Å². The Hall–Kier alpha value is -2.70. The number of hydrogen-bond donors (Lipinski definition) is 3. The van der Waals surface area contributed by atoms with Crippen molar-refractivity contribution in [3.63, 3.8) is 0 Å². The van der Waals surface area contributed by atoms with Gasteiger partial charge in [-0.15, -0.1) is 0 Å². The van der Waals surface area contributed by atoms with Crippen LogP contribution >= 0.6 is 0 Å². The molecule has 0 aliphatic heterocycles. The van der Waals surface area contributed by atoms with E-state index in [0.717, 1.165) is 10.9 Å². The van der Waals surface area contributed by atoms with Crippen molar-refractivity contribution in [1.82, 2.24) is 15.6 Å². The van der Waals surface area contributed by atoms with Gasteiger partial charge in [-0.2, -0.15) is 0 Å². The molecule has 112 valence electrons. The number of ether oxygens (including phenoxy) is 2. The molecule has 2 aromatic rings. The lowest BCUT2D eigenvalue weighted by molar-refractivity contribution is 0.190. The van der Waals surface area contributed by atoms with Crippen LogP contribution in [0.5, 0.6) is 11.5 Å². The average molecular weight is 291 g/mol. The molecule has 0 aliphatic rings. The first-order valence-electron chi connectivity index (χ1n) is 6.66.